The highest BCUT2D eigenvalue weighted by Gasteiger charge is 2.28. The second-order valence-corrected chi connectivity index (χ2v) is 5.51. The van der Waals surface area contributed by atoms with Gasteiger partial charge in [0.1, 0.15) is 0 Å². The van der Waals surface area contributed by atoms with Gasteiger partial charge in [0.15, 0.2) is 5.82 Å². The Morgan fingerprint density at radius 3 is 2.71 bits per heavy atom. The molecule has 0 aliphatic heterocycles. The van der Waals surface area contributed by atoms with Crippen LogP contribution in [0.15, 0.2) is 30.3 Å². The van der Waals surface area contributed by atoms with Gasteiger partial charge in [0.05, 0.1) is 19.2 Å². The number of aliphatic hydroxyl groups is 1. The van der Waals surface area contributed by atoms with Crippen molar-refractivity contribution in [3.05, 3.63) is 41.7 Å². The summed E-state index contributed by atoms with van der Waals surface area (Å²) in [6.07, 6.45) is 3.30. The zero-order valence-corrected chi connectivity index (χ0v) is 12.1. The first-order chi connectivity index (χ1) is 10.4. The van der Waals surface area contributed by atoms with E-state index in [0.29, 0.717) is 19.1 Å². The quantitative estimate of drug-likeness (QED) is 0.786. The van der Waals surface area contributed by atoms with Crippen LogP contribution < -0.4 is 0 Å². The summed E-state index contributed by atoms with van der Waals surface area (Å²) < 4.78 is 1.94. The van der Waals surface area contributed by atoms with Gasteiger partial charge in [0.2, 0.25) is 0 Å². The van der Waals surface area contributed by atoms with Crippen LogP contribution in [0.25, 0.3) is 0 Å². The van der Waals surface area contributed by atoms with Gasteiger partial charge in [-0.3, -0.25) is 4.90 Å². The van der Waals surface area contributed by atoms with Gasteiger partial charge in [0, 0.05) is 13.1 Å². The van der Waals surface area contributed by atoms with Gasteiger partial charge in [-0.2, -0.15) is 0 Å². The van der Waals surface area contributed by atoms with Crippen LogP contribution in [0.1, 0.15) is 30.3 Å². The van der Waals surface area contributed by atoms with Gasteiger partial charge in [-0.1, -0.05) is 30.3 Å². The molecule has 1 heterocycles. The van der Waals surface area contributed by atoms with E-state index < -0.39 is 0 Å². The molecule has 1 aromatic heterocycles. The molecular weight excluding hydrogens is 266 g/mol. The maximum absolute atomic E-state index is 9.25. The Hall–Kier alpha value is -1.79. The first-order valence-electron chi connectivity index (χ1n) is 7.50. The molecule has 0 atom stereocenters. The van der Waals surface area contributed by atoms with Crippen LogP contribution in [0.2, 0.25) is 0 Å². The number of hydrogen-bond acceptors (Lipinski definition) is 5. The van der Waals surface area contributed by atoms with E-state index in [1.807, 2.05) is 10.7 Å². The normalized spacial score (nSPS) is 14.8. The number of aliphatic hydroxyl groups excluding tert-OH is 1. The summed E-state index contributed by atoms with van der Waals surface area (Å²) in [5.41, 5.74) is 1.31. The number of nitrogens with zero attached hydrogens (tertiary/aromatic N) is 5. The lowest BCUT2D eigenvalue weighted by Crippen LogP contribution is -2.30. The van der Waals surface area contributed by atoms with Crippen molar-refractivity contribution >= 4 is 0 Å². The van der Waals surface area contributed by atoms with Gasteiger partial charge < -0.3 is 5.11 Å². The van der Waals surface area contributed by atoms with Crippen LogP contribution in [0.3, 0.4) is 0 Å². The molecule has 1 N–H and O–H groups in total. The molecule has 0 amide bonds. The average molecular weight is 287 g/mol. The highest BCUT2D eigenvalue weighted by molar-refractivity contribution is 5.14. The van der Waals surface area contributed by atoms with Crippen LogP contribution in [0, 0.1) is 0 Å². The van der Waals surface area contributed by atoms with E-state index in [1.165, 1.54) is 18.4 Å². The van der Waals surface area contributed by atoms with Gasteiger partial charge in [-0.25, -0.2) is 4.68 Å². The predicted molar refractivity (Wildman–Crippen MR) is 78.6 cm³/mol. The minimum absolute atomic E-state index is 0.153. The minimum Gasteiger partial charge on any atom is -0.395 e. The zero-order chi connectivity index (χ0) is 14.5. The standard InChI is InChI=1S/C15H21N5O/c21-11-10-19(9-8-13-4-2-1-3-5-13)12-15-16-17-18-20(15)14-6-7-14/h1-5,14,21H,6-12H2. The lowest BCUT2D eigenvalue weighted by molar-refractivity contribution is 0.186. The second-order valence-electron chi connectivity index (χ2n) is 5.51. The Kier molecular flexibility index (Phi) is 4.57. The van der Waals surface area contributed by atoms with Crippen molar-refractivity contribution in [2.45, 2.75) is 31.8 Å². The molecule has 1 saturated carbocycles. The van der Waals surface area contributed by atoms with Crippen molar-refractivity contribution < 1.29 is 5.11 Å². The fourth-order valence-corrected chi connectivity index (χ4v) is 2.46. The van der Waals surface area contributed by atoms with Crippen LogP contribution >= 0.6 is 0 Å². The summed E-state index contributed by atoms with van der Waals surface area (Å²) in [6.45, 7) is 2.38. The third kappa shape index (κ3) is 3.86. The molecule has 112 valence electrons. The minimum atomic E-state index is 0.153. The first-order valence-corrected chi connectivity index (χ1v) is 7.50. The Bertz CT molecular complexity index is 552. The summed E-state index contributed by atoms with van der Waals surface area (Å²) in [4.78, 5) is 2.21. The van der Waals surface area contributed by atoms with Gasteiger partial charge in [-0.15, -0.1) is 5.10 Å². The van der Waals surface area contributed by atoms with E-state index in [0.717, 1.165) is 18.8 Å². The summed E-state index contributed by atoms with van der Waals surface area (Å²) in [5.74, 6) is 0.902. The Morgan fingerprint density at radius 1 is 1.19 bits per heavy atom. The molecule has 1 aromatic carbocycles. The third-order valence-electron chi connectivity index (χ3n) is 3.79. The molecule has 1 aliphatic rings. The monoisotopic (exact) mass is 287 g/mol. The second kappa shape index (κ2) is 6.78. The molecule has 1 aliphatic carbocycles. The lowest BCUT2D eigenvalue weighted by atomic mass is 10.1. The maximum atomic E-state index is 9.25. The zero-order valence-electron chi connectivity index (χ0n) is 12.1. The van der Waals surface area contributed by atoms with Gasteiger partial charge in [0.25, 0.3) is 0 Å². The topological polar surface area (TPSA) is 67.1 Å². The molecular formula is C15H21N5O. The highest BCUT2D eigenvalue weighted by atomic mass is 16.3. The molecule has 0 radical (unpaired) electrons. The van der Waals surface area contributed by atoms with Crippen LogP contribution in [0.5, 0.6) is 0 Å². The highest BCUT2D eigenvalue weighted by Crippen LogP contribution is 2.34. The van der Waals surface area contributed by atoms with Gasteiger partial charge >= 0.3 is 0 Å². The van der Waals surface area contributed by atoms with Crippen molar-refractivity contribution in [2.75, 3.05) is 19.7 Å². The van der Waals surface area contributed by atoms with Gasteiger partial charge in [-0.05, 0) is 35.3 Å². The number of hydrogen-bond donors (Lipinski definition) is 1. The molecule has 6 heteroatoms. The number of aromatic nitrogens is 4. The molecule has 21 heavy (non-hydrogen) atoms. The largest absolute Gasteiger partial charge is 0.395 e. The SMILES string of the molecule is OCCN(CCc1ccccc1)Cc1nnnn1C1CC1. The van der Waals surface area contributed by atoms with E-state index in [-0.39, 0.29) is 6.61 Å². The van der Waals surface area contributed by atoms with Crippen molar-refractivity contribution in [1.82, 2.24) is 25.1 Å². The predicted octanol–water partition coefficient (Wildman–Crippen LogP) is 1.04. The van der Waals surface area contributed by atoms with E-state index in [1.54, 1.807) is 0 Å². The van der Waals surface area contributed by atoms with Crippen LogP contribution in [-0.4, -0.2) is 49.9 Å². The molecule has 0 bridgehead atoms. The molecule has 0 spiro atoms. The Morgan fingerprint density at radius 2 is 2.00 bits per heavy atom. The van der Waals surface area contributed by atoms with Crippen molar-refractivity contribution in [1.29, 1.82) is 0 Å². The molecule has 0 unspecified atom stereocenters. The number of rotatable bonds is 8. The molecule has 6 nitrogen and oxygen atoms in total. The molecule has 3 rings (SSSR count). The van der Waals surface area contributed by atoms with Crippen molar-refractivity contribution in [3.8, 4) is 0 Å². The van der Waals surface area contributed by atoms with E-state index in [4.69, 9.17) is 0 Å². The average Bonchev–Trinajstić information content (AvgIpc) is 3.26. The molecule has 2 aromatic rings. The van der Waals surface area contributed by atoms with E-state index in [9.17, 15) is 5.11 Å². The Labute approximate surface area is 124 Å². The summed E-state index contributed by atoms with van der Waals surface area (Å²) in [5, 5.41) is 21.3. The smallest absolute Gasteiger partial charge is 0.165 e. The van der Waals surface area contributed by atoms with Crippen LogP contribution in [0.4, 0.5) is 0 Å². The lowest BCUT2D eigenvalue weighted by Gasteiger charge is -2.20. The fraction of sp³-hybridized carbons (Fsp3) is 0.533. The summed E-state index contributed by atoms with van der Waals surface area (Å²) >= 11 is 0. The fourth-order valence-electron chi connectivity index (χ4n) is 2.46. The Balaban J connectivity index is 1.60. The van der Waals surface area contributed by atoms with Crippen molar-refractivity contribution in [3.63, 3.8) is 0 Å². The molecule has 1 fully saturated rings. The summed E-state index contributed by atoms with van der Waals surface area (Å²) in [7, 11) is 0. The maximum Gasteiger partial charge on any atom is 0.165 e. The molecule has 0 saturated heterocycles. The first kappa shape index (κ1) is 14.2. The van der Waals surface area contributed by atoms with E-state index >= 15 is 0 Å². The third-order valence-corrected chi connectivity index (χ3v) is 3.79. The summed E-state index contributed by atoms with van der Waals surface area (Å²) in [6, 6.07) is 10.9. The number of tetrazole rings is 1. The van der Waals surface area contributed by atoms with Crippen LogP contribution in [-0.2, 0) is 13.0 Å². The van der Waals surface area contributed by atoms with Crippen molar-refractivity contribution in [2.24, 2.45) is 0 Å². The van der Waals surface area contributed by atoms with E-state index in [2.05, 4.69) is 44.7 Å². The number of benzene rings is 1.